The molecule has 3 nitrogen and oxygen atoms in total. The third-order valence-electron chi connectivity index (χ3n) is 2.49. The minimum absolute atomic E-state index is 0.663. The molecule has 2 aromatic rings. The van der Waals surface area contributed by atoms with Gasteiger partial charge in [0.2, 0.25) is 0 Å². The normalized spacial score (nSPS) is 10.6. The third kappa shape index (κ3) is 1.61. The van der Waals surface area contributed by atoms with Gasteiger partial charge in [0.1, 0.15) is 5.75 Å². The van der Waals surface area contributed by atoms with Gasteiger partial charge >= 0.3 is 0 Å². The van der Waals surface area contributed by atoms with Crippen molar-refractivity contribution in [3.05, 3.63) is 29.5 Å². The monoisotopic (exact) mass is 202 g/mol. The van der Waals surface area contributed by atoms with E-state index < -0.39 is 0 Å². The molecule has 1 aromatic heterocycles. The molecule has 0 radical (unpaired) electrons. The number of methoxy groups -OCH3 is 1. The highest BCUT2D eigenvalue weighted by molar-refractivity contribution is 5.93. The molecule has 0 spiro atoms. The summed E-state index contributed by atoms with van der Waals surface area (Å²) in [4.78, 5) is 4.43. The first-order valence-electron chi connectivity index (χ1n) is 4.83. The van der Waals surface area contributed by atoms with E-state index in [1.54, 1.807) is 13.2 Å². The number of nitrogens with zero attached hydrogens (tertiary/aromatic N) is 1. The molecule has 78 valence electrons. The van der Waals surface area contributed by atoms with Crippen molar-refractivity contribution in [2.45, 2.75) is 13.8 Å². The van der Waals surface area contributed by atoms with Gasteiger partial charge in [-0.25, -0.2) is 0 Å². The van der Waals surface area contributed by atoms with E-state index in [0.717, 1.165) is 22.3 Å². The van der Waals surface area contributed by atoms with Crippen LogP contribution in [-0.2, 0) is 0 Å². The third-order valence-corrected chi connectivity index (χ3v) is 2.49. The van der Waals surface area contributed by atoms with Crippen molar-refractivity contribution in [3.8, 4) is 5.75 Å². The first-order valence-corrected chi connectivity index (χ1v) is 4.83. The summed E-state index contributed by atoms with van der Waals surface area (Å²) in [6, 6.07) is 5.81. The molecule has 0 atom stereocenters. The van der Waals surface area contributed by atoms with Crippen molar-refractivity contribution in [3.63, 3.8) is 0 Å². The second-order valence-electron chi connectivity index (χ2n) is 3.69. The van der Waals surface area contributed by atoms with E-state index in [1.807, 2.05) is 19.1 Å². The predicted octanol–water partition coefficient (Wildman–Crippen LogP) is 2.44. The van der Waals surface area contributed by atoms with Gasteiger partial charge in [0.05, 0.1) is 18.3 Å². The molecule has 3 heteroatoms. The smallest absolute Gasteiger partial charge is 0.121 e. The Morgan fingerprint density at radius 3 is 2.60 bits per heavy atom. The fraction of sp³-hybridized carbons (Fsp3) is 0.250. The first-order chi connectivity index (χ1) is 7.11. The Bertz CT molecular complexity index is 521. The number of pyridine rings is 1. The summed E-state index contributed by atoms with van der Waals surface area (Å²) in [7, 11) is 1.64. The molecule has 0 fully saturated rings. The quantitative estimate of drug-likeness (QED) is 0.722. The van der Waals surface area contributed by atoms with Crippen molar-refractivity contribution in [2.24, 2.45) is 0 Å². The highest BCUT2D eigenvalue weighted by atomic mass is 16.5. The molecule has 0 amide bonds. The zero-order valence-electron chi connectivity index (χ0n) is 9.16. The second-order valence-corrected chi connectivity index (χ2v) is 3.69. The number of hydrogen-bond acceptors (Lipinski definition) is 3. The number of nitrogen functional groups attached to an aromatic ring is 1. The summed E-state index contributed by atoms with van der Waals surface area (Å²) in [5, 5.41) is 1.05. The molecule has 0 aliphatic rings. The van der Waals surface area contributed by atoms with E-state index in [1.165, 1.54) is 5.56 Å². The lowest BCUT2D eigenvalue weighted by molar-refractivity contribution is 0.415. The number of ether oxygens (including phenoxy) is 1. The number of aromatic nitrogens is 1. The Labute approximate surface area is 88.9 Å². The van der Waals surface area contributed by atoms with Crippen molar-refractivity contribution < 1.29 is 4.74 Å². The molecule has 2 rings (SSSR count). The van der Waals surface area contributed by atoms with E-state index in [9.17, 15) is 0 Å². The molecule has 0 aliphatic heterocycles. The van der Waals surface area contributed by atoms with E-state index in [4.69, 9.17) is 10.5 Å². The Hall–Kier alpha value is -1.77. The van der Waals surface area contributed by atoms with E-state index >= 15 is 0 Å². The average molecular weight is 202 g/mol. The summed E-state index contributed by atoms with van der Waals surface area (Å²) in [5.41, 5.74) is 9.60. The van der Waals surface area contributed by atoms with Crippen LogP contribution in [0, 0.1) is 13.8 Å². The number of anilines is 1. The average Bonchev–Trinajstić information content (AvgIpc) is 2.19. The molecule has 0 saturated heterocycles. The maximum Gasteiger partial charge on any atom is 0.121 e. The SMILES string of the molecule is COc1cc(N)c2nc(C)cc(C)c2c1. The van der Waals surface area contributed by atoms with Gasteiger partial charge in [0.15, 0.2) is 0 Å². The number of benzene rings is 1. The van der Waals surface area contributed by atoms with Crippen LogP contribution in [0.15, 0.2) is 18.2 Å². The Morgan fingerprint density at radius 1 is 1.20 bits per heavy atom. The van der Waals surface area contributed by atoms with Crippen LogP contribution in [0.25, 0.3) is 10.9 Å². The minimum Gasteiger partial charge on any atom is -0.497 e. The van der Waals surface area contributed by atoms with Gasteiger partial charge in [-0.05, 0) is 31.5 Å². The lowest BCUT2D eigenvalue weighted by Crippen LogP contribution is -1.95. The second kappa shape index (κ2) is 3.42. The Kier molecular flexibility index (Phi) is 2.23. The lowest BCUT2D eigenvalue weighted by Gasteiger charge is -2.08. The summed E-state index contributed by atoms with van der Waals surface area (Å²) >= 11 is 0. The van der Waals surface area contributed by atoms with Crippen molar-refractivity contribution >= 4 is 16.6 Å². The standard InChI is InChI=1S/C12H14N2O/c1-7-4-8(2)14-12-10(7)5-9(15-3)6-11(12)13/h4-6H,13H2,1-3H3. The summed E-state index contributed by atoms with van der Waals surface area (Å²) in [6.45, 7) is 4.02. The zero-order chi connectivity index (χ0) is 11.0. The summed E-state index contributed by atoms with van der Waals surface area (Å²) in [5.74, 6) is 0.772. The Morgan fingerprint density at radius 2 is 1.93 bits per heavy atom. The maximum absolute atomic E-state index is 5.93. The highest BCUT2D eigenvalue weighted by Gasteiger charge is 2.06. The molecule has 1 heterocycles. The van der Waals surface area contributed by atoms with Gasteiger partial charge in [-0.3, -0.25) is 4.98 Å². The molecule has 15 heavy (non-hydrogen) atoms. The van der Waals surface area contributed by atoms with Crippen molar-refractivity contribution in [1.29, 1.82) is 0 Å². The largest absolute Gasteiger partial charge is 0.497 e. The molecule has 2 N–H and O–H groups in total. The molecule has 0 bridgehead atoms. The van der Waals surface area contributed by atoms with Gasteiger partial charge in [0.25, 0.3) is 0 Å². The van der Waals surface area contributed by atoms with Gasteiger partial charge in [-0.2, -0.15) is 0 Å². The minimum atomic E-state index is 0.663. The first kappa shape index (κ1) is 9.77. The van der Waals surface area contributed by atoms with Crippen molar-refractivity contribution in [2.75, 3.05) is 12.8 Å². The number of nitrogens with two attached hydrogens (primary N) is 1. The molecule has 0 saturated carbocycles. The molecule has 1 aromatic carbocycles. The van der Waals surface area contributed by atoms with E-state index in [0.29, 0.717) is 5.69 Å². The van der Waals surface area contributed by atoms with Crippen LogP contribution in [-0.4, -0.2) is 12.1 Å². The Balaban J connectivity index is 2.85. The van der Waals surface area contributed by atoms with Gasteiger partial charge in [-0.15, -0.1) is 0 Å². The topological polar surface area (TPSA) is 48.1 Å². The van der Waals surface area contributed by atoms with Gasteiger partial charge < -0.3 is 10.5 Å². The van der Waals surface area contributed by atoms with E-state index in [-0.39, 0.29) is 0 Å². The number of rotatable bonds is 1. The zero-order valence-corrected chi connectivity index (χ0v) is 9.16. The number of fused-ring (bicyclic) bond motifs is 1. The number of hydrogen-bond donors (Lipinski definition) is 1. The summed E-state index contributed by atoms with van der Waals surface area (Å²) < 4.78 is 5.18. The van der Waals surface area contributed by atoms with Crippen LogP contribution >= 0.6 is 0 Å². The van der Waals surface area contributed by atoms with Gasteiger partial charge in [-0.1, -0.05) is 0 Å². The fourth-order valence-corrected chi connectivity index (χ4v) is 1.77. The van der Waals surface area contributed by atoms with Gasteiger partial charge in [0, 0.05) is 17.1 Å². The fourth-order valence-electron chi connectivity index (χ4n) is 1.77. The van der Waals surface area contributed by atoms with E-state index in [2.05, 4.69) is 11.9 Å². The molecular weight excluding hydrogens is 188 g/mol. The van der Waals surface area contributed by atoms with Crippen molar-refractivity contribution in [1.82, 2.24) is 4.98 Å². The highest BCUT2D eigenvalue weighted by Crippen LogP contribution is 2.28. The lowest BCUT2D eigenvalue weighted by atomic mass is 10.1. The van der Waals surface area contributed by atoms with Crippen LogP contribution < -0.4 is 10.5 Å². The predicted molar refractivity (Wildman–Crippen MR) is 62.2 cm³/mol. The van der Waals surface area contributed by atoms with Crippen LogP contribution in [0.5, 0.6) is 5.75 Å². The maximum atomic E-state index is 5.93. The molecule has 0 aliphatic carbocycles. The molecule has 0 unspecified atom stereocenters. The van der Waals surface area contributed by atoms with Crippen LogP contribution in [0.2, 0.25) is 0 Å². The van der Waals surface area contributed by atoms with Crippen LogP contribution in [0.4, 0.5) is 5.69 Å². The van der Waals surface area contributed by atoms with Crippen LogP contribution in [0.1, 0.15) is 11.3 Å². The molecular formula is C12H14N2O. The number of aryl methyl sites for hydroxylation is 2. The van der Waals surface area contributed by atoms with Crippen LogP contribution in [0.3, 0.4) is 0 Å². The summed E-state index contributed by atoms with van der Waals surface area (Å²) in [6.07, 6.45) is 0.